The van der Waals surface area contributed by atoms with Crippen LogP contribution in [0, 0.1) is 10.1 Å². The van der Waals surface area contributed by atoms with Gasteiger partial charge in [-0.15, -0.1) is 0 Å². The quantitative estimate of drug-likeness (QED) is 0.511. The SMILES string of the molecule is Nc1c(C(=O)N2CCN(C3CC3)CC2)cccc1[N+](=O)[O-]. The molecule has 1 aliphatic heterocycles. The Kier molecular flexibility index (Phi) is 3.50. The number of anilines is 1. The molecular weight excluding hydrogens is 272 g/mol. The summed E-state index contributed by atoms with van der Waals surface area (Å²) in [5, 5.41) is 10.9. The summed E-state index contributed by atoms with van der Waals surface area (Å²) in [6.45, 7) is 3.03. The van der Waals surface area contributed by atoms with E-state index >= 15 is 0 Å². The number of nitrogens with zero attached hydrogens (tertiary/aromatic N) is 3. The third-order valence-electron chi connectivity index (χ3n) is 4.17. The van der Waals surface area contributed by atoms with Crippen molar-refractivity contribution in [2.45, 2.75) is 18.9 Å². The number of para-hydroxylation sites is 1. The molecule has 1 aromatic carbocycles. The van der Waals surface area contributed by atoms with Gasteiger partial charge in [-0.2, -0.15) is 0 Å². The van der Waals surface area contributed by atoms with Crippen molar-refractivity contribution in [1.82, 2.24) is 9.80 Å². The van der Waals surface area contributed by atoms with Gasteiger partial charge in [-0.1, -0.05) is 6.07 Å². The van der Waals surface area contributed by atoms with Crippen molar-refractivity contribution < 1.29 is 9.72 Å². The number of rotatable bonds is 3. The average Bonchev–Trinajstić information content (AvgIpc) is 3.31. The molecule has 0 atom stereocenters. The summed E-state index contributed by atoms with van der Waals surface area (Å²) in [5.74, 6) is -0.216. The van der Waals surface area contributed by atoms with Crippen molar-refractivity contribution >= 4 is 17.3 Å². The van der Waals surface area contributed by atoms with E-state index in [0.29, 0.717) is 19.1 Å². The Balaban J connectivity index is 1.73. The molecule has 1 amide bonds. The molecule has 1 heterocycles. The van der Waals surface area contributed by atoms with Gasteiger partial charge in [-0.25, -0.2) is 0 Å². The van der Waals surface area contributed by atoms with Crippen molar-refractivity contribution in [3.8, 4) is 0 Å². The second kappa shape index (κ2) is 5.33. The normalized spacial score (nSPS) is 19.5. The number of piperazine rings is 1. The van der Waals surface area contributed by atoms with Gasteiger partial charge in [-0.3, -0.25) is 19.8 Å². The minimum Gasteiger partial charge on any atom is -0.393 e. The first kappa shape index (κ1) is 13.8. The van der Waals surface area contributed by atoms with Crippen molar-refractivity contribution in [1.29, 1.82) is 0 Å². The molecule has 21 heavy (non-hydrogen) atoms. The van der Waals surface area contributed by atoms with Gasteiger partial charge in [0.1, 0.15) is 5.69 Å². The zero-order valence-electron chi connectivity index (χ0n) is 11.7. The summed E-state index contributed by atoms with van der Waals surface area (Å²) >= 11 is 0. The van der Waals surface area contributed by atoms with E-state index in [-0.39, 0.29) is 22.8 Å². The monoisotopic (exact) mass is 290 g/mol. The van der Waals surface area contributed by atoms with E-state index in [2.05, 4.69) is 4.90 Å². The first-order valence-corrected chi connectivity index (χ1v) is 7.14. The fourth-order valence-electron chi connectivity index (χ4n) is 2.80. The number of benzene rings is 1. The Morgan fingerprint density at radius 3 is 2.48 bits per heavy atom. The van der Waals surface area contributed by atoms with Gasteiger partial charge in [0.05, 0.1) is 10.5 Å². The molecule has 2 aliphatic rings. The predicted molar refractivity (Wildman–Crippen MR) is 78.0 cm³/mol. The van der Waals surface area contributed by atoms with E-state index in [9.17, 15) is 14.9 Å². The lowest BCUT2D eigenvalue weighted by molar-refractivity contribution is -0.383. The summed E-state index contributed by atoms with van der Waals surface area (Å²) in [5.41, 5.74) is 5.75. The molecule has 0 bridgehead atoms. The molecule has 7 nitrogen and oxygen atoms in total. The number of amides is 1. The van der Waals surface area contributed by atoms with Crippen LogP contribution in [0.3, 0.4) is 0 Å². The number of hydrogen-bond acceptors (Lipinski definition) is 5. The highest BCUT2D eigenvalue weighted by molar-refractivity contribution is 6.01. The van der Waals surface area contributed by atoms with Crippen LogP contribution >= 0.6 is 0 Å². The fourth-order valence-corrected chi connectivity index (χ4v) is 2.80. The van der Waals surface area contributed by atoms with Crippen LogP contribution in [0.1, 0.15) is 23.2 Å². The Morgan fingerprint density at radius 2 is 1.90 bits per heavy atom. The molecule has 0 unspecified atom stereocenters. The lowest BCUT2D eigenvalue weighted by atomic mass is 10.1. The number of nitro groups is 1. The fraction of sp³-hybridized carbons (Fsp3) is 0.500. The van der Waals surface area contributed by atoms with Gasteiger partial charge in [0.2, 0.25) is 0 Å². The summed E-state index contributed by atoms with van der Waals surface area (Å²) in [6.07, 6.45) is 2.51. The minimum absolute atomic E-state index is 0.0443. The number of hydrogen-bond donors (Lipinski definition) is 1. The molecular formula is C14H18N4O3. The summed E-state index contributed by atoms with van der Waals surface area (Å²) in [6, 6.07) is 5.07. The second-order valence-corrected chi connectivity index (χ2v) is 5.55. The molecule has 1 aromatic rings. The van der Waals surface area contributed by atoms with Gasteiger partial charge in [0, 0.05) is 38.3 Å². The number of nitrogen functional groups attached to an aromatic ring is 1. The standard InChI is InChI=1S/C14H18N4O3/c15-13-11(2-1-3-12(13)18(20)21)14(19)17-8-6-16(7-9-17)10-4-5-10/h1-3,10H,4-9,15H2. The summed E-state index contributed by atoms with van der Waals surface area (Å²) in [7, 11) is 0. The van der Waals surface area contributed by atoms with Crippen LogP contribution in [0.2, 0.25) is 0 Å². The highest BCUT2D eigenvalue weighted by Gasteiger charge is 2.33. The zero-order valence-corrected chi connectivity index (χ0v) is 11.7. The van der Waals surface area contributed by atoms with E-state index in [1.807, 2.05) is 0 Å². The van der Waals surface area contributed by atoms with Gasteiger partial charge in [0.15, 0.2) is 0 Å². The number of nitro benzene ring substituents is 1. The predicted octanol–water partition coefficient (Wildman–Crippen LogP) is 1.10. The maximum Gasteiger partial charge on any atom is 0.292 e. The minimum atomic E-state index is -0.558. The van der Waals surface area contributed by atoms with Crippen molar-refractivity contribution in [2.75, 3.05) is 31.9 Å². The van der Waals surface area contributed by atoms with Crippen molar-refractivity contribution in [3.63, 3.8) is 0 Å². The van der Waals surface area contributed by atoms with Gasteiger partial charge < -0.3 is 10.6 Å². The second-order valence-electron chi connectivity index (χ2n) is 5.55. The van der Waals surface area contributed by atoms with Crippen LogP contribution < -0.4 is 5.73 Å². The topological polar surface area (TPSA) is 92.7 Å². The maximum absolute atomic E-state index is 12.5. The Bertz CT molecular complexity index is 578. The average molecular weight is 290 g/mol. The van der Waals surface area contributed by atoms with Gasteiger partial charge >= 0.3 is 0 Å². The molecule has 2 fully saturated rings. The van der Waals surface area contributed by atoms with E-state index in [1.54, 1.807) is 11.0 Å². The van der Waals surface area contributed by atoms with E-state index < -0.39 is 4.92 Å². The third-order valence-corrected chi connectivity index (χ3v) is 4.17. The lowest BCUT2D eigenvalue weighted by Gasteiger charge is -2.35. The molecule has 1 saturated heterocycles. The summed E-state index contributed by atoms with van der Waals surface area (Å²) in [4.78, 5) is 27.0. The molecule has 1 saturated carbocycles. The largest absolute Gasteiger partial charge is 0.393 e. The molecule has 0 radical (unpaired) electrons. The van der Waals surface area contributed by atoms with Gasteiger partial charge in [0.25, 0.3) is 11.6 Å². The highest BCUT2D eigenvalue weighted by atomic mass is 16.6. The lowest BCUT2D eigenvalue weighted by Crippen LogP contribution is -2.49. The third kappa shape index (κ3) is 2.69. The molecule has 7 heteroatoms. The highest BCUT2D eigenvalue weighted by Crippen LogP contribution is 2.29. The molecule has 2 N–H and O–H groups in total. The molecule has 112 valence electrons. The Labute approximate surface area is 122 Å². The van der Waals surface area contributed by atoms with Crippen molar-refractivity contribution in [2.24, 2.45) is 0 Å². The number of carbonyl (C=O) groups is 1. The first-order valence-electron chi connectivity index (χ1n) is 7.14. The zero-order chi connectivity index (χ0) is 15.0. The van der Waals surface area contributed by atoms with Gasteiger partial charge in [-0.05, 0) is 18.9 Å². The van der Waals surface area contributed by atoms with Crippen LogP contribution in [-0.2, 0) is 0 Å². The number of carbonyl (C=O) groups excluding carboxylic acids is 1. The first-order chi connectivity index (χ1) is 10.1. The van der Waals surface area contributed by atoms with E-state index in [0.717, 1.165) is 13.1 Å². The molecule has 0 aromatic heterocycles. The van der Waals surface area contributed by atoms with E-state index in [4.69, 9.17) is 5.73 Å². The Hall–Kier alpha value is -2.15. The molecule has 0 spiro atoms. The number of nitrogens with two attached hydrogens (primary N) is 1. The van der Waals surface area contributed by atoms with Crippen LogP contribution in [0.4, 0.5) is 11.4 Å². The smallest absolute Gasteiger partial charge is 0.292 e. The van der Waals surface area contributed by atoms with Crippen LogP contribution in [-0.4, -0.2) is 52.9 Å². The summed E-state index contributed by atoms with van der Waals surface area (Å²) < 4.78 is 0. The molecule has 3 rings (SSSR count). The van der Waals surface area contributed by atoms with Crippen molar-refractivity contribution in [3.05, 3.63) is 33.9 Å². The van der Waals surface area contributed by atoms with Crippen LogP contribution in [0.25, 0.3) is 0 Å². The van der Waals surface area contributed by atoms with Crippen LogP contribution in [0.5, 0.6) is 0 Å². The van der Waals surface area contributed by atoms with E-state index in [1.165, 1.54) is 25.0 Å². The Morgan fingerprint density at radius 1 is 1.24 bits per heavy atom. The maximum atomic E-state index is 12.5. The van der Waals surface area contributed by atoms with Crippen LogP contribution in [0.15, 0.2) is 18.2 Å². The molecule has 1 aliphatic carbocycles.